The molecule has 2 nitrogen and oxygen atoms in total. The van der Waals surface area contributed by atoms with E-state index in [1.54, 1.807) is 18.2 Å². The van der Waals surface area contributed by atoms with Crippen molar-refractivity contribution in [2.24, 2.45) is 5.73 Å². The van der Waals surface area contributed by atoms with Crippen molar-refractivity contribution in [2.45, 2.75) is 0 Å². The monoisotopic (exact) mass is 314 g/mol. The van der Waals surface area contributed by atoms with E-state index in [9.17, 15) is 4.39 Å². The van der Waals surface area contributed by atoms with Crippen LogP contribution in [0.4, 0.5) is 15.8 Å². The number of nitrogens with two attached hydrogens (primary N) is 1. The van der Waals surface area contributed by atoms with Crippen LogP contribution >= 0.6 is 35.4 Å². The Hall–Kier alpha value is -1.36. The Bertz CT molecular complexity index is 626. The fourth-order valence-corrected chi connectivity index (χ4v) is 2.24. The summed E-state index contributed by atoms with van der Waals surface area (Å²) in [4.78, 5) is 0.0881. The number of thiocarbonyl (C=S) groups is 1. The number of para-hydroxylation sites is 1. The molecule has 0 aliphatic heterocycles. The van der Waals surface area contributed by atoms with Crippen molar-refractivity contribution in [1.29, 1.82) is 0 Å². The van der Waals surface area contributed by atoms with Gasteiger partial charge in [-0.1, -0.05) is 41.5 Å². The maximum absolute atomic E-state index is 13.2. The Morgan fingerprint density at radius 2 is 1.79 bits per heavy atom. The Morgan fingerprint density at radius 3 is 2.37 bits per heavy atom. The molecule has 0 spiro atoms. The predicted molar refractivity (Wildman–Crippen MR) is 82.0 cm³/mol. The second kappa shape index (κ2) is 5.74. The zero-order valence-corrected chi connectivity index (χ0v) is 11.9. The van der Waals surface area contributed by atoms with E-state index in [4.69, 9.17) is 41.2 Å². The van der Waals surface area contributed by atoms with Gasteiger partial charge in [-0.15, -0.1) is 0 Å². The Balaban J connectivity index is 2.47. The summed E-state index contributed by atoms with van der Waals surface area (Å²) in [6.45, 7) is 0. The lowest BCUT2D eigenvalue weighted by molar-refractivity contribution is 0.628. The number of benzene rings is 2. The molecule has 0 aromatic heterocycles. The summed E-state index contributed by atoms with van der Waals surface area (Å²) in [7, 11) is 0. The maximum atomic E-state index is 13.2. The van der Waals surface area contributed by atoms with Gasteiger partial charge in [0.2, 0.25) is 0 Å². The Kier molecular flexibility index (Phi) is 4.24. The molecule has 0 aliphatic rings. The highest BCUT2D eigenvalue weighted by Gasteiger charge is 2.11. The van der Waals surface area contributed by atoms with Gasteiger partial charge in [0.1, 0.15) is 10.8 Å². The standard InChI is InChI=1S/C13H9Cl2FN2S/c14-9-2-1-3-10(15)12(9)18-11-5-4-7(16)6-8(11)13(17)19/h1-6,18H,(H2,17,19). The first-order valence-corrected chi connectivity index (χ1v) is 6.46. The molecule has 0 unspecified atom stereocenters. The van der Waals surface area contributed by atoms with E-state index < -0.39 is 5.82 Å². The molecule has 0 atom stereocenters. The van der Waals surface area contributed by atoms with Crippen LogP contribution in [0, 0.1) is 5.82 Å². The first kappa shape index (κ1) is 14.1. The molecule has 19 heavy (non-hydrogen) atoms. The molecule has 3 N–H and O–H groups in total. The van der Waals surface area contributed by atoms with Crippen molar-refractivity contribution < 1.29 is 4.39 Å². The van der Waals surface area contributed by atoms with Gasteiger partial charge in [0, 0.05) is 11.3 Å². The third-order valence-corrected chi connectivity index (χ3v) is 3.32. The number of rotatable bonds is 3. The molecular weight excluding hydrogens is 306 g/mol. The molecule has 0 heterocycles. The van der Waals surface area contributed by atoms with Crippen LogP contribution in [0.3, 0.4) is 0 Å². The summed E-state index contributed by atoms with van der Waals surface area (Å²) in [6.07, 6.45) is 0. The molecule has 0 amide bonds. The minimum absolute atomic E-state index is 0.0881. The van der Waals surface area contributed by atoms with Gasteiger partial charge in [0.25, 0.3) is 0 Å². The average molecular weight is 315 g/mol. The highest BCUT2D eigenvalue weighted by Crippen LogP contribution is 2.33. The molecule has 0 radical (unpaired) electrons. The molecule has 98 valence electrons. The van der Waals surface area contributed by atoms with E-state index >= 15 is 0 Å². The molecule has 0 saturated carbocycles. The first-order chi connectivity index (χ1) is 8.99. The van der Waals surface area contributed by atoms with Crippen LogP contribution in [0.5, 0.6) is 0 Å². The average Bonchev–Trinajstić information content (AvgIpc) is 2.35. The van der Waals surface area contributed by atoms with Crippen LogP contribution in [-0.4, -0.2) is 4.99 Å². The second-order valence-corrected chi connectivity index (χ2v) is 5.03. The summed E-state index contributed by atoms with van der Waals surface area (Å²) < 4.78 is 13.2. The van der Waals surface area contributed by atoms with E-state index in [0.29, 0.717) is 27.0 Å². The van der Waals surface area contributed by atoms with Crippen LogP contribution in [0.2, 0.25) is 10.0 Å². The van der Waals surface area contributed by atoms with Crippen LogP contribution in [0.15, 0.2) is 36.4 Å². The minimum Gasteiger partial charge on any atom is -0.389 e. The van der Waals surface area contributed by atoms with Crippen LogP contribution in [-0.2, 0) is 0 Å². The first-order valence-electron chi connectivity index (χ1n) is 5.29. The summed E-state index contributed by atoms with van der Waals surface area (Å²) in [5.74, 6) is -0.418. The second-order valence-electron chi connectivity index (χ2n) is 3.78. The summed E-state index contributed by atoms with van der Waals surface area (Å²) in [5, 5.41) is 3.92. The summed E-state index contributed by atoms with van der Waals surface area (Å²) >= 11 is 17.0. The zero-order valence-electron chi connectivity index (χ0n) is 9.58. The van der Waals surface area contributed by atoms with E-state index in [1.807, 2.05) is 0 Å². The van der Waals surface area contributed by atoms with Crippen molar-refractivity contribution in [2.75, 3.05) is 5.32 Å². The van der Waals surface area contributed by atoms with Crippen molar-refractivity contribution in [3.05, 3.63) is 57.8 Å². The van der Waals surface area contributed by atoms with Crippen molar-refractivity contribution in [1.82, 2.24) is 0 Å². The van der Waals surface area contributed by atoms with Gasteiger partial charge in [-0.3, -0.25) is 0 Å². The molecule has 0 fully saturated rings. The molecule has 6 heteroatoms. The molecule has 2 aromatic carbocycles. The lowest BCUT2D eigenvalue weighted by Gasteiger charge is -2.13. The Morgan fingerprint density at radius 1 is 1.16 bits per heavy atom. The molecular formula is C13H9Cl2FN2S. The summed E-state index contributed by atoms with van der Waals surface area (Å²) in [5.41, 5.74) is 7.03. The van der Waals surface area contributed by atoms with E-state index in [0.717, 1.165) is 0 Å². The van der Waals surface area contributed by atoms with E-state index in [-0.39, 0.29) is 4.99 Å². The van der Waals surface area contributed by atoms with Gasteiger partial charge >= 0.3 is 0 Å². The molecule has 0 aliphatic carbocycles. The largest absolute Gasteiger partial charge is 0.389 e. The SMILES string of the molecule is NC(=S)c1cc(F)ccc1Nc1c(Cl)cccc1Cl. The third-order valence-electron chi connectivity index (χ3n) is 2.47. The van der Waals surface area contributed by atoms with Gasteiger partial charge in [-0.2, -0.15) is 0 Å². The maximum Gasteiger partial charge on any atom is 0.124 e. The number of anilines is 2. The number of nitrogens with one attached hydrogen (secondary N) is 1. The zero-order chi connectivity index (χ0) is 14.0. The topological polar surface area (TPSA) is 38.0 Å². The molecule has 0 bridgehead atoms. The van der Waals surface area contributed by atoms with Gasteiger partial charge in [0.05, 0.1) is 15.7 Å². The van der Waals surface area contributed by atoms with Gasteiger partial charge < -0.3 is 11.1 Å². The highest BCUT2D eigenvalue weighted by molar-refractivity contribution is 7.80. The van der Waals surface area contributed by atoms with Gasteiger partial charge in [0.15, 0.2) is 0 Å². The number of hydrogen-bond donors (Lipinski definition) is 2. The predicted octanol–water partition coefficient (Wildman–Crippen LogP) is 4.51. The molecule has 2 aromatic rings. The molecule has 2 rings (SSSR count). The lowest BCUT2D eigenvalue weighted by Crippen LogP contribution is -2.12. The Labute approximate surface area is 125 Å². The van der Waals surface area contributed by atoms with Crippen LogP contribution in [0.25, 0.3) is 0 Å². The van der Waals surface area contributed by atoms with Crippen molar-refractivity contribution in [3.63, 3.8) is 0 Å². The quantitative estimate of drug-likeness (QED) is 0.819. The van der Waals surface area contributed by atoms with E-state index in [2.05, 4.69) is 5.32 Å². The number of hydrogen-bond acceptors (Lipinski definition) is 2. The van der Waals surface area contributed by atoms with Crippen molar-refractivity contribution in [3.8, 4) is 0 Å². The smallest absolute Gasteiger partial charge is 0.124 e. The van der Waals surface area contributed by atoms with Crippen molar-refractivity contribution >= 4 is 51.8 Å². The lowest BCUT2D eigenvalue weighted by atomic mass is 10.1. The summed E-state index contributed by atoms with van der Waals surface area (Å²) in [6, 6.07) is 9.21. The minimum atomic E-state index is -0.418. The highest BCUT2D eigenvalue weighted by atomic mass is 35.5. The normalized spacial score (nSPS) is 10.3. The fourth-order valence-electron chi connectivity index (χ4n) is 1.58. The van der Waals surface area contributed by atoms with Gasteiger partial charge in [-0.05, 0) is 30.3 Å². The van der Waals surface area contributed by atoms with Crippen LogP contribution in [0.1, 0.15) is 5.56 Å². The number of halogens is 3. The fraction of sp³-hybridized carbons (Fsp3) is 0. The van der Waals surface area contributed by atoms with Gasteiger partial charge in [-0.25, -0.2) is 4.39 Å². The third kappa shape index (κ3) is 3.15. The molecule has 0 saturated heterocycles. The van der Waals surface area contributed by atoms with Crippen LogP contribution < -0.4 is 11.1 Å². The van der Waals surface area contributed by atoms with E-state index in [1.165, 1.54) is 18.2 Å².